The van der Waals surface area contributed by atoms with Gasteiger partial charge in [-0.15, -0.1) is 0 Å². The summed E-state index contributed by atoms with van der Waals surface area (Å²) in [4.78, 5) is 3.47. The van der Waals surface area contributed by atoms with E-state index in [2.05, 4.69) is 9.72 Å². The topological polar surface area (TPSA) is 51.6 Å². The van der Waals surface area contributed by atoms with Crippen LogP contribution in [0.15, 0.2) is 12.3 Å². The lowest BCUT2D eigenvalue weighted by atomic mass is 9.83. The molecular formula is C13H17BF4NO3. The average molecular weight is 322 g/mol. The van der Waals surface area contributed by atoms with Crippen molar-refractivity contribution in [2.75, 3.05) is 6.61 Å². The molecule has 1 aromatic heterocycles. The number of aliphatic hydroxyl groups is 1. The molecule has 22 heavy (non-hydrogen) atoms. The van der Waals surface area contributed by atoms with Crippen LogP contribution in [-0.4, -0.2) is 41.6 Å². The number of halogens is 4. The number of nitrogens with zero attached hydrogens (tertiary/aromatic N) is 1. The first kappa shape index (κ1) is 18.7. The summed E-state index contributed by atoms with van der Waals surface area (Å²) in [7, 11) is 1.17. The fourth-order valence-corrected chi connectivity index (χ4v) is 1.12. The van der Waals surface area contributed by atoms with Crippen molar-refractivity contribution in [3.05, 3.63) is 18.1 Å². The molecule has 0 amide bonds. The van der Waals surface area contributed by atoms with Crippen LogP contribution in [0.3, 0.4) is 0 Å². The Morgan fingerprint density at radius 2 is 1.82 bits per heavy atom. The number of aromatic nitrogens is 1. The summed E-state index contributed by atoms with van der Waals surface area (Å²) in [6, 6.07) is 0.930. The zero-order valence-electron chi connectivity index (χ0n) is 12.7. The summed E-state index contributed by atoms with van der Waals surface area (Å²) < 4.78 is 59.2. The Kier molecular flexibility index (Phi) is 5.45. The first-order valence-corrected chi connectivity index (χ1v) is 6.40. The molecule has 0 aliphatic carbocycles. The highest BCUT2D eigenvalue weighted by Gasteiger charge is 2.35. The third-order valence-corrected chi connectivity index (χ3v) is 3.16. The molecule has 0 aromatic carbocycles. The summed E-state index contributed by atoms with van der Waals surface area (Å²) in [5.41, 5.74) is -1.94. The van der Waals surface area contributed by atoms with Gasteiger partial charge in [-0.05, 0) is 39.2 Å². The number of rotatable bonds is 6. The van der Waals surface area contributed by atoms with E-state index in [-0.39, 0.29) is 5.46 Å². The Bertz CT molecular complexity index is 515. The summed E-state index contributed by atoms with van der Waals surface area (Å²) in [6.07, 6.45) is -3.46. The second-order valence-corrected chi connectivity index (χ2v) is 5.76. The van der Waals surface area contributed by atoms with Gasteiger partial charge in [-0.25, -0.2) is 9.37 Å². The van der Waals surface area contributed by atoms with E-state index < -0.39 is 35.7 Å². The summed E-state index contributed by atoms with van der Waals surface area (Å²) in [5.74, 6) is -1.78. The van der Waals surface area contributed by atoms with Crippen molar-refractivity contribution < 1.29 is 32.1 Å². The zero-order valence-corrected chi connectivity index (χ0v) is 12.7. The lowest BCUT2D eigenvalue weighted by molar-refractivity contribution is -0.154. The smallest absolute Gasteiger partial charge is 0.422 e. The van der Waals surface area contributed by atoms with E-state index in [0.717, 1.165) is 12.3 Å². The molecule has 1 N–H and O–H groups in total. The van der Waals surface area contributed by atoms with E-state index in [1.165, 1.54) is 7.48 Å². The van der Waals surface area contributed by atoms with Crippen molar-refractivity contribution in [2.24, 2.45) is 0 Å². The molecule has 0 bridgehead atoms. The molecule has 0 fully saturated rings. The first-order valence-electron chi connectivity index (χ1n) is 6.40. The van der Waals surface area contributed by atoms with Gasteiger partial charge >= 0.3 is 13.7 Å². The first-order chi connectivity index (χ1) is 9.82. The van der Waals surface area contributed by atoms with Crippen LogP contribution in [0.5, 0.6) is 5.88 Å². The van der Waals surface area contributed by atoms with Crippen LogP contribution < -0.4 is 10.2 Å². The van der Waals surface area contributed by atoms with E-state index in [4.69, 9.17) is 4.65 Å². The highest BCUT2D eigenvalue weighted by molar-refractivity contribution is 6.46. The van der Waals surface area contributed by atoms with Crippen molar-refractivity contribution in [1.82, 2.24) is 4.98 Å². The number of hydrogen-bond donors (Lipinski definition) is 1. The molecule has 0 spiro atoms. The SMILES string of the molecule is CC(C)(O)C(C)(C)O[B]c1cnc(OCC(F)(F)F)c(F)c1. The summed E-state index contributed by atoms with van der Waals surface area (Å²) in [6.45, 7) is 4.74. The Morgan fingerprint density at radius 3 is 2.27 bits per heavy atom. The Hall–Kier alpha value is -1.35. The van der Waals surface area contributed by atoms with E-state index in [1.54, 1.807) is 27.7 Å². The molecule has 123 valence electrons. The maximum Gasteiger partial charge on any atom is 0.422 e. The third kappa shape index (κ3) is 5.45. The second-order valence-electron chi connectivity index (χ2n) is 5.76. The van der Waals surface area contributed by atoms with E-state index in [9.17, 15) is 22.7 Å². The van der Waals surface area contributed by atoms with E-state index in [1.807, 2.05) is 0 Å². The van der Waals surface area contributed by atoms with Gasteiger partial charge in [-0.3, -0.25) is 0 Å². The van der Waals surface area contributed by atoms with Gasteiger partial charge in [0, 0.05) is 6.20 Å². The van der Waals surface area contributed by atoms with Crippen LogP contribution in [0.2, 0.25) is 0 Å². The number of alkyl halides is 3. The minimum Gasteiger partial charge on any atom is -0.466 e. The average Bonchev–Trinajstić information content (AvgIpc) is 2.32. The molecular weight excluding hydrogens is 305 g/mol. The molecule has 1 radical (unpaired) electrons. The maximum absolute atomic E-state index is 13.6. The highest BCUT2D eigenvalue weighted by atomic mass is 19.4. The van der Waals surface area contributed by atoms with Gasteiger partial charge in [0.2, 0.25) is 0 Å². The molecule has 0 unspecified atom stereocenters. The monoisotopic (exact) mass is 322 g/mol. The largest absolute Gasteiger partial charge is 0.466 e. The van der Waals surface area contributed by atoms with E-state index >= 15 is 0 Å². The summed E-state index contributed by atoms with van der Waals surface area (Å²) >= 11 is 0. The van der Waals surface area contributed by atoms with Crippen molar-refractivity contribution in [1.29, 1.82) is 0 Å². The highest BCUT2D eigenvalue weighted by Crippen LogP contribution is 2.24. The van der Waals surface area contributed by atoms with Crippen molar-refractivity contribution in [2.45, 2.75) is 45.1 Å². The van der Waals surface area contributed by atoms with Gasteiger partial charge in [-0.1, -0.05) is 0 Å². The molecule has 0 saturated carbocycles. The minimum absolute atomic E-state index is 0.189. The summed E-state index contributed by atoms with van der Waals surface area (Å²) in [5, 5.41) is 9.91. The van der Waals surface area contributed by atoms with Crippen LogP contribution in [-0.2, 0) is 4.65 Å². The van der Waals surface area contributed by atoms with Gasteiger partial charge in [0.25, 0.3) is 5.88 Å². The Balaban J connectivity index is 2.70. The molecule has 0 aliphatic rings. The van der Waals surface area contributed by atoms with Crippen molar-refractivity contribution in [3.63, 3.8) is 0 Å². The molecule has 0 atom stereocenters. The number of pyridine rings is 1. The van der Waals surface area contributed by atoms with Crippen LogP contribution >= 0.6 is 0 Å². The van der Waals surface area contributed by atoms with Gasteiger partial charge in [0.15, 0.2) is 12.4 Å². The van der Waals surface area contributed by atoms with Crippen molar-refractivity contribution in [3.8, 4) is 5.88 Å². The van der Waals surface area contributed by atoms with Gasteiger partial charge in [0.05, 0.1) is 11.2 Å². The molecule has 1 heterocycles. The predicted octanol–water partition coefficient (Wildman–Crippen LogP) is 1.97. The molecule has 0 saturated heterocycles. The molecule has 1 rings (SSSR count). The fraction of sp³-hybridized carbons (Fsp3) is 0.615. The van der Waals surface area contributed by atoms with Gasteiger partial charge in [0.1, 0.15) is 0 Å². The quantitative estimate of drug-likeness (QED) is 0.643. The van der Waals surface area contributed by atoms with Gasteiger partial charge < -0.3 is 14.5 Å². The molecule has 0 aliphatic heterocycles. The van der Waals surface area contributed by atoms with Crippen LogP contribution in [0.4, 0.5) is 17.6 Å². The van der Waals surface area contributed by atoms with E-state index in [0.29, 0.717) is 0 Å². The fourth-order valence-electron chi connectivity index (χ4n) is 1.12. The van der Waals surface area contributed by atoms with Crippen LogP contribution in [0, 0.1) is 5.82 Å². The van der Waals surface area contributed by atoms with Gasteiger partial charge in [-0.2, -0.15) is 13.2 Å². The number of ether oxygens (including phenoxy) is 1. The Labute approximate surface area is 126 Å². The zero-order chi connectivity index (χ0) is 17.2. The molecule has 1 aromatic rings. The normalized spacial score (nSPS) is 13.1. The van der Waals surface area contributed by atoms with Crippen LogP contribution in [0.1, 0.15) is 27.7 Å². The maximum atomic E-state index is 13.6. The van der Waals surface area contributed by atoms with Crippen LogP contribution in [0.25, 0.3) is 0 Å². The molecule has 9 heteroatoms. The molecule has 4 nitrogen and oxygen atoms in total. The minimum atomic E-state index is -4.57. The predicted molar refractivity (Wildman–Crippen MR) is 72.6 cm³/mol. The lowest BCUT2D eigenvalue weighted by Crippen LogP contribution is -2.49. The Morgan fingerprint density at radius 1 is 1.23 bits per heavy atom. The standard InChI is InChI=1S/C13H17BF4NO3/c1-11(2,20)12(3,4)22-14-8-5-9(15)10(19-6-8)21-7-13(16,17)18/h5-6,20H,7H2,1-4H3. The lowest BCUT2D eigenvalue weighted by Gasteiger charge is -2.37. The third-order valence-electron chi connectivity index (χ3n) is 3.16. The van der Waals surface area contributed by atoms with Crippen molar-refractivity contribution >= 4 is 12.9 Å². The number of hydrogen-bond acceptors (Lipinski definition) is 4. The second kappa shape index (κ2) is 6.41.